The molecule has 64 valence electrons. The highest BCUT2D eigenvalue weighted by atomic mass is 32.1. The van der Waals surface area contributed by atoms with E-state index >= 15 is 0 Å². The van der Waals surface area contributed by atoms with Gasteiger partial charge >= 0.3 is 0 Å². The van der Waals surface area contributed by atoms with Gasteiger partial charge in [-0.15, -0.1) is 12.6 Å². The SMILES string of the molecule is NCCOC(=S)CCC(=O)S. The Bertz CT molecular complexity index is 150. The lowest BCUT2D eigenvalue weighted by atomic mass is 10.3. The number of rotatable bonds is 5. The van der Waals surface area contributed by atoms with Crippen LogP contribution in [0.5, 0.6) is 0 Å². The number of thiol groups is 1. The minimum absolute atomic E-state index is 0.177. The first-order valence-corrected chi connectivity index (χ1v) is 4.10. The van der Waals surface area contributed by atoms with Gasteiger partial charge in [0, 0.05) is 19.4 Å². The Hall–Kier alpha value is -0.130. The third-order valence-corrected chi connectivity index (χ3v) is 1.47. The summed E-state index contributed by atoms with van der Waals surface area (Å²) in [6.07, 6.45) is 0.782. The van der Waals surface area contributed by atoms with Crippen LogP contribution in [0.25, 0.3) is 0 Å². The Balaban J connectivity index is 3.30. The van der Waals surface area contributed by atoms with Crippen molar-refractivity contribution < 1.29 is 9.53 Å². The Kier molecular flexibility index (Phi) is 6.49. The van der Waals surface area contributed by atoms with Gasteiger partial charge in [0.2, 0.25) is 0 Å². The molecule has 0 aliphatic carbocycles. The lowest BCUT2D eigenvalue weighted by Crippen LogP contribution is -2.12. The third-order valence-electron chi connectivity index (χ3n) is 0.924. The van der Waals surface area contributed by atoms with E-state index in [0.29, 0.717) is 31.0 Å². The van der Waals surface area contributed by atoms with Crippen LogP contribution in [0, 0.1) is 0 Å². The normalized spacial score (nSPS) is 9.27. The summed E-state index contributed by atoms with van der Waals surface area (Å²) >= 11 is 8.36. The molecule has 0 aromatic carbocycles. The maximum Gasteiger partial charge on any atom is 0.186 e. The van der Waals surface area contributed by atoms with E-state index in [1.807, 2.05) is 0 Å². The molecule has 0 saturated heterocycles. The summed E-state index contributed by atoms with van der Waals surface area (Å²) in [6.45, 7) is 0.856. The fourth-order valence-electron chi connectivity index (χ4n) is 0.454. The third kappa shape index (κ3) is 7.77. The largest absolute Gasteiger partial charge is 0.486 e. The molecule has 0 aliphatic rings. The molecule has 0 fully saturated rings. The zero-order valence-corrected chi connectivity index (χ0v) is 7.79. The van der Waals surface area contributed by atoms with Gasteiger partial charge in [-0.2, -0.15) is 0 Å². The highest BCUT2D eigenvalue weighted by molar-refractivity contribution is 7.96. The molecule has 0 amide bonds. The first-order valence-electron chi connectivity index (χ1n) is 3.24. The molecular formula is C6H11NO2S2. The van der Waals surface area contributed by atoms with Crippen molar-refractivity contribution in [2.24, 2.45) is 5.73 Å². The zero-order valence-electron chi connectivity index (χ0n) is 6.08. The maximum absolute atomic E-state index is 10.3. The molecule has 0 aromatic heterocycles. The molecule has 11 heavy (non-hydrogen) atoms. The number of carbonyl (C=O) groups excluding carboxylic acids is 1. The molecule has 0 heterocycles. The molecule has 0 radical (unpaired) electrons. The second-order valence-electron chi connectivity index (χ2n) is 1.90. The van der Waals surface area contributed by atoms with Crippen LogP contribution in [0.3, 0.4) is 0 Å². The van der Waals surface area contributed by atoms with E-state index in [1.165, 1.54) is 0 Å². The van der Waals surface area contributed by atoms with Crippen LogP contribution < -0.4 is 5.73 Å². The number of nitrogens with two attached hydrogens (primary N) is 1. The average Bonchev–Trinajstić information content (AvgIpc) is 1.97. The highest BCUT2D eigenvalue weighted by Gasteiger charge is 1.99. The van der Waals surface area contributed by atoms with Crippen molar-refractivity contribution >= 4 is 35.0 Å². The first-order chi connectivity index (χ1) is 5.16. The van der Waals surface area contributed by atoms with Gasteiger partial charge in [-0.05, 0) is 12.2 Å². The van der Waals surface area contributed by atoms with Crippen molar-refractivity contribution in [2.75, 3.05) is 13.2 Å². The monoisotopic (exact) mass is 193 g/mol. The highest BCUT2D eigenvalue weighted by Crippen LogP contribution is 1.98. The van der Waals surface area contributed by atoms with Crippen LogP contribution in [0.4, 0.5) is 0 Å². The van der Waals surface area contributed by atoms with E-state index in [1.54, 1.807) is 0 Å². The van der Waals surface area contributed by atoms with Crippen LogP contribution in [0.15, 0.2) is 0 Å². The molecule has 0 spiro atoms. The summed E-state index contributed by atoms with van der Waals surface area (Å²) in [7, 11) is 0. The molecule has 5 heteroatoms. The standard InChI is InChI=1S/C6H11NO2S2/c7-3-4-9-6(11)2-1-5(8)10/h1-4,7H2,(H,8,10). The second kappa shape index (κ2) is 6.57. The molecule has 3 nitrogen and oxygen atoms in total. The summed E-state index contributed by atoms with van der Waals surface area (Å²) in [4.78, 5) is 10.3. The minimum Gasteiger partial charge on any atom is -0.486 e. The number of hydrogen-bond donors (Lipinski definition) is 2. The van der Waals surface area contributed by atoms with Crippen LogP contribution >= 0.6 is 24.8 Å². The van der Waals surface area contributed by atoms with Gasteiger partial charge in [0.1, 0.15) is 6.61 Å². The summed E-state index contributed by atoms with van der Waals surface area (Å²) in [5, 5.41) is 0.251. The van der Waals surface area contributed by atoms with Crippen LogP contribution in [-0.4, -0.2) is 23.3 Å². The van der Waals surface area contributed by atoms with Crippen LogP contribution in [0.2, 0.25) is 0 Å². The number of hydrogen-bond acceptors (Lipinski definition) is 4. The van der Waals surface area contributed by atoms with E-state index in [4.69, 9.17) is 22.7 Å². The molecule has 0 bridgehead atoms. The lowest BCUT2D eigenvalue weighted by Gasteiger charge is -2.03. The van der Waals surface area contributed by atoms with Gasteiger partial charge in [-0.25, -0.2) is 0 Å². The van der Waals surface area contributed by atoms with Gasteiger partial charge in [0.15, 0.2) is 10.2 Å². The molecule has 0 aliphatic heterocycles. The Morgan fingerprint density at radius 2 is 2.18 bits per heavy atom. The number of ether oxygens (including phenoxy) is 1. The van der Waals surface area contributed by atoms with Crippen LogP contribution in [-0.2, 0) is 9.53 Å². The van der Waals surface area contributed by atoms with Gasteiger partial charge in [0.05, 0.1) is 0 Å². The van der Waals surface area contributed by atoms with Crippen molar-refractivity contribution in [3.05, 3.63) is 0 Å². The van der Waals surface area contributed by atoms with E-state index in [-0.39, 0.29) is 5.12 Å². The number of thiocarbonyl (C=S) groups is 1. The van der Waals surface area contributed by atoms with E-state index in [2.05, 4.69) is 12.6 Å². The van der Waals surface area contributed by atoms with Gasteiger partial charge in [-0.1, -0.05) is 0 Å². The van der Waals surface area contributed by atoms with Crippen molar-refractivity contribution in [3.63, 3.8) is 0 Å². The molecule has 2 N–H and O–H groups in total. The summed E-state index contributed by atoms with van der Waals surface area (Å²) in [6, 6.07) is 0. The Morgan fingerprint density at radius 1 is 1.55 bits per heavy atom. The lowest BCUT2D eigenvalue weighted by molar-refractivity contribution is -0.110. The number of carbonyl (C=O) groups is 1. The minimum atomic E-state index is -0.177. The van der Waals surface area contributed by atoms with E-state index in [9.17, 15) is 4.79 Å². The molecule has 0 aromatic rings. The zero-order chi connectivity index (χ0) is 8.69. The molecule has 0 rings (SSSR count). The molecular weight excluding hydrogens is 182 g/mol. The second-order valence-corrected chi connectivity index (χ2v) is 2.86. The van der Waals surface area contributed by atoms with Crippen molar-refractivity contribution in [1.82, 2.24) is 0 Å². The van der Waals surface area contributed by atoms with Crippen molar-refractivity contribution in [2.45, 2.75) is 12.8 Å². The van der Waals surface area contributed by atoms with Crippen LogP contribution in [0.1, 0.15) is 12.8 Å². The van der Waals surface area contributed by atoms with E-state index < -0.39 is 0 Å². The van der Waals surface area contributed by atoms with Crippen molar-refractivity contribution in [3.8, 4) is 0 Å². The Labute approximate surface area is 76.7 Å². The van der Waals surface area contributed by atoms with Gasteiger partial charge < -0.3 is 10.5 Å². The summed E-state index contributed by atoms with van der Waals surface area (Å²) in [5.41, 5.74) is 5.17. The predicted molar refractivity (Wildman–Crippen MR) is 50.8 cm³/mol. The van der Waals surface area contributed by atoms with Gasteiger partial charge in [0.25, 0.3) is 0 Å². The van der Waals surface area contributed by atoms with Crippen molar-refractivity contribution in [1.29, 1.82) is 0 Å². The Morgan fingerprint density at radius 3 is 2.64 bits per heavy atom. The van der Waals surface area contributed by atoms with Gasteiger partial charge in [-0.3, -0.25) is 4.79 Å². The molecule has 0 atom stereocenters. The first kappa shape index (κ1) is 10.9. The summed E-state index contributed by atoms with van der Waals surface area (Å²) < 4.78 is 4.96. The fourth-order valence-corrected chi connectivity index (χ4v) is 0.751. The molecule has 0 saturated carbocycles. The smallest absolute Gasteiger partial charge is 0.186 e. The topological polar surface area (TPSA) is 52.3 Å². The predicted octanol–water partition coefficient (Wildman–Crippen LogP) is 0.526. The molecule has 0 unspecified atom stereocenters. The average molecular weight is 193 g/mol. The quantitative estimate of drug-likeness (QED) is 0.494. The fraction of sp³-hybridized carbons (Fsp3) is 0.667. The summed E-state index contributed by atoms with van der Waals surface area (Å²) in [5.74, 6) is 0. The maximum atomic E-state index is 10.3. The van der Waals surface area contributed by atoms with E-state index in [0.717, 1.165) is 0 Å².